The molecular formula is C7H6N3O. The van der Waals surface area contributed by atoms with E-state index in [4.69, 9.17) is 0 Å². The lowest BCUT2D eigenvalue weighted by Gasteiger charge is -1.90. The third-order valence-electron chi connectivity index (χ3n) is 1.53. The summed E-state index contributed by atoms with van der Waals surface area (Å²) >= 11 is 0. The minimum Gasteiger partial charge on any atom is -0.318 e. The molecule has 0 aromatic carbocycles. The second-order valence-electron chi connectivity index (χ2n) is 2.37. The molecule has 1 radical (unpaired) electrons. The summed E-state index contributed by atoms with van der Waals surface area (Å²) in [4.78, 5) is 7.91. The highest BCUT2D eigenvalue weighted by molar-refractivity contribution is 5.71. The van der Waals surface area contributed by atoms with Crippen molar-refractivity contribution in [1.82, 2.24) is 14.5 Å². The maximum atomic E-state index is 10.8. The van der Waals surface area contributed by atoms with E-state index in [0.717, 1.165) is 5.65 Å². The highest BCUT2D eigenvalue weighted by atomic mass is 16.3. The summed E-state index contributed by atoms with van der Waals surface area (Å²) in [6, 6.07) is 1.47. The first-order valence-corrected chi connectivity index (χ1v) is 3.21. The quantitative estimate of drug-likeness (QED) is 0.562. The fourth-order valence-corrected chi connectivity index (χ4v) is 0.998. The summed E-state index contributed by atoms with van der Waals surface area (Å²) in [6.45, 7) is 0. The van der Waals surface area contributed by atoms with Crippen LogP contribution in [0.2, 0.25) is 0 Å². The molecule has 0 saturated heterocycles. The van der Waals surface area contributed by atoms with Gasteiger partial charge in [-0.2, -0.15) is 0 Å². The fourth-order valence-electron chi connectivity index (χ4n) is 0.998. The van der Waals surface area contributed by atoms with Gasteiger partial charge < -0.3 is 4.57 Å². The normalized spacial score (nSPS) is 10.6. The monoisotopic (exact) mass is 148 g/mol. The van der Waals surface area contributed by atoms with Gasteiger partial charge in [0.15, 0.2) is 11.4 Å². The van der Waals surface area contributed by atoms with Crippen LogP contribution in [0.4, 0.5) is 0 Å². The molecule has 0 unspecified atom stereocenters. The zero-order valence-electron chi connectivity index (χ0n) is 5.98. The first-order valence-electron chi connectivity index (χ1n) is 3.21. The first kappa shape index (κ1) is 6.15. The lowest BCUT2D eigenvalue weighted by molar-refractivity contribution is 0.354. The molecular weight excluding hydrogens is 142 g/mol. The van der Waals surface area contributed by atoms with Crippen LogP contribution in [0.5, 0.6) is 5.75 Å². The number of aryl methyl sites for hydroxylation is 1. The van der Waals surface area contributed by atoms with Crippen LogP contribution in [-0.4, -0.2) is 14.5 Å². The van der Waals surface area contributed by atoms with Gasteiger partial charge in [0.05, 0.1) is 12.5 Å². The molecule has 0 N–H and O–H groups in total. The molecule has 55 valence electrons. The molecule has 0 aliphatic rings. The summed E-state index contributed by atoms with van der Waals surface area (Å²) in [5, 5.41) is 10.8. The van der Waals surface area contributed by atoms with Crippen molar-refractivity contribution >= 4 is 11.2 Å². The van der Waals surface area contributed by atoms with Crippen molar-refractivity contribution in [3.05, 3.63) is 18.6 Å². The van der Waals surface area contributed by atoms with Gasteiger partial charge in [0, 0.05) is 13.1 Å². The van der Waals surface area contributed by atoms with Crippen LogP contribution in [-0.2, 0) is 12.2 Å². The Hall–Kier alpha value is -1.58. The molecule has 11 heavy (non-hydrogen) atoms. The zero-order chi connectivity index (χ0) is 7.84. The molecule has 0 saturated carbocycles. The summed E-state index contributed by atoms with van der Waals surface area (Å²) in [5.41, 5.74) is 1.39. The highest BCUT2D eigenvalue weighted by Gasteiger charge is 2.01. The van der Waals surface area contributed by atoms with Crippen molar-refractivity contribution < 1.29 is 5.11 Å². The van der Waals surface area contributed by atoms with Crippen LogP contribution in [0.25, 0.3) is 11.2 Å². The van der Waals surface area contributed by atoms with Crippen molar-refractivity contribution in [2.45, 2.75) is 0 Å². The first-order chi connectivity index (χ1) is 5.27. The van der Waals surface area contributed by atoms with Gasteiger partial charge >= 0.3 is 0 Å². The smallest absolute Gasteiger partial charge is 0.199 e. The Bertz CT molecular complexity index is 393. The maximum Gasteiger partial charge on any atom is 0.199 e. The largest absolute Gasteiger partial charge is 0.318 e. The molecule has 2 aromatic heterocycles. The number of hydrogen-bond donors (Lipinski definition) is 0. The molecule has 0 spiro atoms. The molecule has 4 heteroatoms. The number of hydrogen-bond acceptors (Lipinski definition) is 2. The van der Waals surface area contributed by atoms with Crippen LogP contribution in [0.3, 0.4) is 0 Å². The van der Waals surface area contributed by atoms with E-state index in [1.165, 1.54) is 12.3 Å². The fraction of sp³-hybridized carbons (Fsp3) is 0.143. The standard InChI is InChI=1S/C7H6N3O/c1-10-4-9-6-2-5(11)3-8-7(6)10/h2-4H,1H3. The molecule has 2 heterocycles. The average molecular weight is 148 g/mol. The number of imidazole rings is 1. The van der Waals surface area contributed by atoms with E-state index in [1.54, 1.807) is 10.9 Å². The van der Waals surface area contributed by atoms with Gasteiger partial charge in [-0.3, -0.25) is 5.11 Å². The Morgan fingerprint density at radius 2 is 2.27 bits per heavy atom. The molecule has 0 atom stereocenters. The maximum absolute atomic E-state index is 10.8. The van der Waals surface area contributed by atoms with E-state index in [9.17, 15) is 5.11 Å². The van der Waals surface area contributed by atoms with E-state index in [2.05, 4.69) is 9.97 Å². The van der Waals surface area contributed by atoms with Crippen LogP contribution >= 0.6 is 0 Å². The molecule has 2 aromatic rings. The number of nitrogens with zero attached hydrogens (tertiary/aromatic N) is 3. The molecule has 0 aliphatic carbocycles. The van der Waals surface area contributed by atoms with Crippen molar-refractivity contribution in [2.24, 2.45) is 7.05 Å². The summed E-state index contributed by atoms with van der Waals surface area (Å²) in [5.74, 6) is -0.101. The van der Waals surface area contributed by atoms with E-state index < -0.39 is 0 Å². The van der Waals surface area contributed by atoms with E-state index in [1.807, 2.05) is 7.05 Å². The summed E-state index contributed by atoms with van der Waals surface area (Å²) in [7, 11) is 1.84. The van der Waals surface area contributed by atoms with Crippen LogP contribution in [0.1, 0.15) is 0 Å². The van der Waals surface area contributed by atoms with Crippen LogP contribution in [0.15, 0.2) is 18.6 Å². The molecule has 0 aliphatic heterocycles. The highest BCUT2D eigenvalue weighted by Crippen LogP contribution is 2.14. The summed E-state index contributed by atoms with van der Waals surface area (Å²) in [6.07, 6.45) is 2.93. The summed E-state index contributed by atoms with van der Waals surface area (Å²) < 4.78 is 1.77. The van der Waals surface area contributed by atoms with E-state index >= 15 is 0 Å². The Labute approximate surface area is 63.1 Å². The van der Waals surface area contributed by atoms with Gasteiger partial charge in [-0.15, -0.1) is 0 Å². The predicted molar refractivity (Wildman–Crippen MR) is 38.6 cm³/mol. The van der Waals surface area contributed by atoms with Gasteiger partial charge in [-0.25, -0.2) is 9.97 Å². The van der Waals surface area contributed by atoms with Crippen molar-refractivity contribution in [3.63, 3.8) is 0 Å². The molecule has 4 nitrogen and oxygen atoms in total. The van der Waals surface area contributed by atoms with Gasteiger partial charge in [0.25, 0.3) is 0 Å². The second-order valence-corrected chi connectivity index (χ2v) is 2.37. The molecule has 0 bridgehead atoms. The van der Waals surface area contributed by atoms with Gasteiger partial charge in [-0.05, 0) is 0 Å². The average Bonchev–Trinajstić information content (AvgIpc) is 2.32. The molecule has 2 rings (SSSR count). The Morgan fingerprint density at radius 1 is 1.45 bits per heavy atom. The van der Waals surface area contributed by atoms with Gasteiger partial charge in [0.2, 0.25) is 0 Å². The van der Waals surface area contributed by atoms with Crippen LogP contribution < -0.4 is 0 Å². The van der Waals surface area contributed by atoms with Gasteiger partial charge in [-0.1, -0.05) is 0 Å². The third kappa shape index (κ3) is 0.832. The third-order valence-corrected chi connectivity index (χ3v) is 1.53. The van der Waals surface area contributed by atoms with Gasteiger partial charge in [0.1, 0.15) is 5.52 Å². The topological polar surface area (TPSA) is 50.6 Å². The van der Waals surface area contributed by atoms with E-state index in [0.29, 0.717) is 5.52 Å². The minimum absolute atomic E-state index is 0.101. The van der Waals surface area contributed by atoms with Crippen molar-refractivity contribution in [1.29, 1.82) is 0 Å². The minimum atomic E-state index is -0.101. The number of fused-ring (bicyclic) bond motifs is 1. The molecule has 0 amide bonds. The lowest BCUT2D eigenvalue weighted by Crippen LogP contribution is -1.85. The second kappa shape index (κ2) is 1.95. The van der Waals surface area contributed by atoms with Crippen LogP contribution in [0, 0.1) is 0 Å². The van der Waals surface area contributed by atoms with E-state index in [-0.39, 0.29) is 5.75 Å². The predicted octanol–water partition coefficient (Wildman–Crippen LogP) is 1.11. The number of rotatable bonds is 0. The zero-order valence-corrected chi connectivity index (χ0v) is 5.98. The number of aromatic nitrogens is 3. The van der Waals surface area contributed by atoms with Crippen molar-refractivity contribution in [3.8, 4) is 5.75 Å². The Balaban J connectivity index is 2.86. The SMILES string of the molecule is Cn1cnc2cc([O])cnc21. The molecule has 0 fully saturated rings. The number of pyridine rings is 1. The Kier molecular flexibility index (Phi) is 1.09. The Morgan fingerprint density at radius 3 is 3.09 bits per heavy atom. The van der Waals surface area contributed by atoms with Crippen molar-refractivity contribution in [2.75, 3.05) is 0 Å². The lowest BCUT2D eigenvalue weighted by atomic mass is 10.4.